The Morgan fingerprint density at radius 1 is 1.16 bits per heavy atom. The highest BCUT2D eigenvalue weighted by atomic mass is 19.4. The van der Waals surface area contributed by atoms with Crippen molar-refractivity contribution >= 4 is 17.2 Å². The van der Waals surface area contributed by atoms with Crippen molar-refractivity contribution in [3.8, 4) is 22.5 Å². The second-order valence-corrected chi connectivity index (χ2v) is 9.76. The largest absolute Gasteiger partial charge is 0.405 e. The van der Waals surface area contributed by atoms with Gasteiger partial charge in [-0.1, -0.05) is 18.2 Å². The number of nitrogen functional groups attached to an aromatic ring is 1. The maximum Gasteiger partial charge on any atom is 0.405 e. The van der Waals surface area contributed by atoms with E-state index >= 15 is 0 Å². The molecule has 2 aliphatic rings. The zero-order valence-corrected chi connectivity index (χ0v) is 19.6. The summed E-state index contributed by atoms with van der Waals surface area (Å²) in [6, 6.07) is 11.2. The zero-order valence-electron chi connectivity index (χ0n) is 19.6. The highest BCUT2D eigenvalue weighted by molar-refractivity contribution is 5.92. The molecule has 0 radical (unpaired) electrons. The Morgan fingerprint density at radius 3 is 2.65 bits per heavy atom. The van der Waals surface area contributed by atoms with Crippen molar-refractivity contribution in [1.82, 2.24) is 29.7 Å². The summed E-state index contributed by atoms with van der Waals surface area (Å²) in [4.78, 5) is 17.1. The molecule has 3 heterocycles. The van der Waals surface area contributed by atoms with Gasteiger partial charge in [0.15, 0.2) is 5.82 Å². The number of anilines is 1. The summed E-state index contributed by atoms with van der Waals surface area (Å²) >= 11 is 0. The van der Waals surface area contributed by atoms with E-state index in [-0.39, 0.29) is 12.8 Å². The molecule has 3 aromatic heterocycles. The third-order valence-electron chi connectivity index (χ3n) is 7.18. The first kappa shape index (κ1) is 23.5. The highest BCUT2D eigenvalue weighted by Crippen LogP contribution is 2.46. The molecule has 1 amide bonds. The molecule has 12 heteroatoms. The zero-order chi connectivity index (χ0) is 25.9. The molecule has 4 aromatic rings. The van der Waals surface area contributed by atoms with Gasteiger partial charge >= 0.3 is 6.18 Å². The maximum absolute atomic E-state index is 12.9. The lowest BCUT2D eigenvalue weighted by Gasteiger charge is -2.44. The molecule has 0 bridgehead atoms. The number of carbonyl (C=O) groups is 1. The fraction of sp³-hybridized carbons (Fsp3) is 0.360. The van der Waals surface area contributed by atoms with Crippen LogP contribution in [0.5, 0.6) is 0 Å². The van der Waals surface area contributed by atoms with Crippen LogP contribution in [0.1, 0.15) is 37.3 Å². The van der Waals surface area contributed by atoms with E-state index in [0.717, 1.165) is 24.1 Å². The monoisotopic (exact) mass is 511 g/mol. The lowest BCUT2D eigenvalue weighted by molar-refractivity contribution is -0.147. The first-order valence-corrected chi connectivity index (χ1v) is 12.0. The van der Waals surface area contributed by atoms with Gasteiger partial charge in [0.25, 0.3) is 0 Å². The predicted molar refractivity (Wildman–Crippen MR) is 128 cm³/mol. The number of nitrogens with two attached hydrogens (primary N) is 1. The number of carbonyl (C=O) groups excluding carboxylic acids is 1. The molecule has 0 unspecified atom stereocenters. The van der Waals surface area contributed by atoms with Crippen molar-refractivity contribution in [3.05, 3.63) is 54.5 Å². The van der Waals surface area contributed by atoms with Gasteiger partial charge in [0.2, 0.25) is 5.91 Å². The molecule has 4 N–H and O–H groups in total. The van der Waals surface area contributed by atoms with Crippen LogP contribution >= 0.6 is 0 Å². The van der Waals surface area contributed by atoms with Gasteiger partial charge in [0.05, 0.1) is 28.9 Å². The first-order chi connectivity index (χ1) is 17.7. The third kappa shape index (κ3) is 4.01. The summed E-state index contributed by atoms with van der Waals surface area (Å²) in [6.07, 6.45) is -0.0382. The molecular formula is C25H24F3N7O2. The van der Waals surface area contributed by atoms with Gasteiger partial charge in [-0.3, -0.25) is 9.48 Å². The van der Waals surface area contributed by atoms with Gasteiger partial charge in [-0.05, 0) is 49.4 Å². The van der Waals surface area contributed by atoms with Crippen molar-refractivity contribution in [2.75, 3.05) is 12.3 Å². The van der Waals surface area contributed by atoms with Crippen LogP contribution in [0, 0.1) is 0 Å². The van der Waals surface area contributed by atoms with E-state index < -0.39 is 30.1 Å². The topological polar surface area (TPSA) is 123 Å². The number of rotatable bonds is 6. The van der Waals surface area contributed by atoms with Crippen LogP contribution in [0.4, 0.5) is 19.0 Å². The number of aromatic nitrogens is 5. The first-order valence-electron chi connectivity index (χ1n) is 12.0. The number of hydrogen-bond acceptors (Lipinski definition) is 6. The number of amides is 1. The van der Waals surface area contributed by atoms with Gasteiger partial charge in [0.1, 0.15) is 18.4 Å². The number of hydrogen-bond donors (Lipinski definition) is 3. The summed E-state index contributed by atoms with van der Waals surface area (Å²) in [6.45, 7) is -1.43. The van der Waals surface area contributed by atoms with Crippen LogP contribution in [0.25, 0.3) is 28.0 Å². The van der Waals surface area contributed by atoms with Crippen molar-refractivity contribution in [1.29, 1.82) is 0 Å². The number of aliphatic hydroxyl groups excluding tert-OH is 1. The van der Waals surface area contributed by atoms with E-state index in [1.54, 1.807) is 28.9 Å². The van der Waals surface area contributed by atoms with Gasteiger partial charge in [-0.15, -0.1) is 0 Å². The molecular weight excluding hydrogens is 487 g/mol. The van der Waals surface area contributed by atoms with E-state index in [1.165, 1.54) is 6.33 Å². The van der Waals surface area contributed by atoms with Crippen LogP contribution in [0.3, 0.4) is 0 Å². The minimum Gasteiger partial charge on any atom is -0.393 e. The number of aliphatic hydroxyl groups is 1. The maximum atomic E-state index is 12.9. The smallest absolute Gasteiger partial charge is 0.393 e. The number of alkyl halides is 3. The van der Waals surface area contributed by atoms with E-state index in [1.807, 2.05) is 28.2 Å². The lowest BCUT2D eigenvalue weighted by Crippen LogP contribution is -2.56. The minimum absolute atomic E-state index is 0.0377. The third-order valence-corrected chi connectivity index (χ3v) is 7.18. The summed E-state index contributed by atoms with van der Waals surface area (Å²) in [7, 11) is 0. The van der Waals surface area contributed by atoms with E-state index in [0.29, 0.717) is 34.2 Å². The van der Waals surface area contributed by atoms with Gasteiger partial charge in [-0.25, -0.2) is 9.50 Å². The molecule has 0 saturated heterocycles. The molecule has 2 saturated carbocycles. The summed E-state index contributed by atoms with van der Waals surface area (Å²) < 4.78 is 42.0. The van der Waals surface area contributed by atoms with Gasteiger partial charge in [-0.2, -0.15) is 23.4 Å². The summed E-state index contributed by atoms with van der Waals surface area (Å²) in [5.74, 6) is -0.464. The molecule has 192 valence electrons. The Bertz CT molecular complexity index is 1500. The Labute approximate surface area is 209 Å². The highest BCUT2D eigenvalue weighted by Gasteiger charge is 2.51. The van der Waals surface area contributed by atoms with Crippen LogP contribution in [0.15, 0.2) is 48.9 Å². The Hall–Kier alpha value is -3.93. The Kier molecular flexibility index (Phi) is 5.26. The lowest BCUT2D eigenvalue weighted by atomic mass is 9.62. The molecule has 2 aliphatic carbocycles. The average molecular weight is 512 g/mol. The second kappa shape index (κ2) is 8.30. The molecule has 0 aliphatic heterocycles. The Morgan fingerprint density at radius 2 is 1.95 bits per heavy atom. The minimum atomic E-state index is -4.53. The molecule has 0 spiro atoms. The predicted octanol–water partition coefficient (Wildman–Crippen LogP) is 3.25. The second-order valence-electron chi connectivity index (χ2n) is 9.76. The molecule has 37 heavy (non-hydrogen) atoms. The number of halogens is 3. The van der Waals surface area contributed by atoms with E-state index in [2.05, 4.69) is 15.2 Å². The standard InChI is InChI=1S/C25H24F3N7O2/c26-25(27,28)12-30-23(37)24(10-17(36)11-24)15-3-1-2-14(8-15)20-9-18(21-22(29)31-13-33-35(20)21)19-6-7-32-34(19)16-4-5-16/h1-3,6-9,13,16-17,36H,4-5,10-12H2,(H,30,37)(H2,29,31,33). The number of nitrogens with one attached hydrogen (secondary N) is 1. The Balaban J connectivity index is 1.44. The quantitative estimate of drug-likeness (QED) is 0.365. The fourth-order valence-corrected chi connectivity index (χ4v) is 5.23. The van der Waals surface area contributed by atoms with Gasteiger partial charge in [0, 0.05) is 17.3 Å². The average Bonchev–Trinajstić information content (AvgIpc) is 3.43. The van der Waals surface area contributed by atoms with E-state index in [9.17, 15) is 23.1 Å². The van der Waals surface area contributed by atoms with Crippen molar-refractivity contribution < 1.29 is 23.1 Å². The van der Waals surface area contributed by atoms with Crippen LogP contribution in [-0.4, -0.2) is 54.2 Å². The molecule has 2 fully saturated rings. The number of benzene rings is 1. The fourth-order valence-electron chi connectivity index (χ4n) is 5.23. The van der Waals surface area contributed by atoms with Crippen LogP contribution < -0.4 is 11.1 Å². The van der Waals surface area contributed by atoms with Crippen LogP contribution in [-0.2, 0) is 10.2 Å². The van der Waals surface area contributed by atoms with Gasteiger partial charge < -0.3 is 16.2 Å². The summed E-state index contributed by atoms with van der Waals surface area (Å²) in [5.41, 5.74) is 9.22. The van der Waals surface area contributed by atoms with E-state index in [4.69, 9.17) is 5.73 Å². The normalized spacial score (nSPS) is 21.7. The van der Waals surface area contributed by atoms with Crippen LogP contribution in [0.2, 0.25) is 0 Å². The van der Waals surface area contributed by atoms with Crippen molar-refractivity contribution in [3.63, 3.8) is 0 Å². The number of fused-ring (bicyclic) bond motifs is 1. The van der Waals surface area contributed by atoms with Crippen molar-refractivity contribution in [2.45, 2.75) is 49.4 Å². The van der Waals surface area contributed by atoms with Crippen molar-refractivity contribution in [2.24, 2.45) is 0 Å². The number of nitrogens with zero attached hydrogens (tertiary/aromatic N) is 5. The molecule has 1 aromatic carbocycles. The SMILES string of the molecule is Nc1ncnn2c(-c3cccc(C4(C(=O)NCC(F)(F)F)CC(O)C4)c3)cc(-c3ccnn3C3CC3)c12. The summed E-state index contributed by atoms with van der Waals surface area (Å²) in [5, 5.41) is 20.9. The molecule has 0 atom stereocenters. The molecule has 9 nitrogen and oxygen atoms in total. The molecule has 6 rings (SSSR count).